The Labute approximate surface area is 141 Å². The molecule has 0 aromatic carbocycles. The third-order valence-electron chi connectivity index (χ3n) is 4.21. The molecular weight excluding hydrogens is 286 g/mol. The Kier molecular flexibility index (Phi) is 8.67. The van der Waals surface area contributed by atoms with Gasteiger partial charge in [-0.1, -0.05) is 40.7 Å². The zero-order valence-electron chi connectivity index (χ0n) is 15.5. The maximum atomic E-state index is 12.3. The summed E-state index contributed by atoms with van der Waals surface area (Å²) in [6.45, 7) is 14.1. The Morgan fingerprint density at radius 2 is 1.74 bits per heavy atom. The van der Waals surface area contributed by atoms with Crippen molar-refractivity contribution in [3.05, 3.63) is 23.9 Å². The summed E-state index contributed by atoms with van der Waals surface area (Å²) in [7, 11) is 0. The van der Waals surface area contributed by atoms with E-state index in [1.165, 1.54) is 6.42 Å². The van der Waals surface area contributed by atoms with Crippen LogP contribution in [0.4, 0.5) is 5.82 Å². The van der Waals surface area contributed by atoms with Gasteiger partial charge in [0.05, 0.1) is 0 Å². The SMILES string of the molecule is CC.CC.CCC1CN(c2cccc(C(=O)N3CCCC3)n2)C1. The van der Waals surface area contributed by atoms with Gasteiger partial charge in [0.1, 0.15) is 11.5 Å². The predicted molar refractivity (Wildman–Crippen MR) is 98.1 cm³/mol. The van der Waals surface area contributed by atoms with E-state index >= 15 is 0 Å². The summed E-state index contributed by atoms with van der Waals surface area (Å²) >= 11 is 0. The van der Waals surface area contributed by atoms with Gasteiger partial charge in [-0.15, -0.1) is 0 Å². The highest BCUT2D eigenvalue weighted by Crippen LogP contribution is 2.25. The molecule has 1 aromatic rings. The summed E-state index contributed by atoms with van der Waals surface area (Å²) in [5.41, 5.74) is 0.597. The Morgan fingerprint density at radius 1 is 1.13 bits per heavy atom. The number of rotatable bonds is 3. The molecule has 0 radical (unpaired) electrons. The Balaban J connectivity index is 0.000000615. The lowest BCUT2D eigenvalue weighted by Crippen LogP contribution is -2.47. The van der Waals surface area contributed by atoms with Crippen molar-refractivity contribution in [2.45, 2.75) is 53.9 Å². The number of hydrogen-bond donors (Lipinski definition) is 0. The largest absolute Gasteiger partial charge is 0.356 e. The van der Waals surface area contributed by atoms with Crippen LogP contribution in [0.2, 0.25) is 0 Å². The normalized spacial score (nSPS) is 16.7. The van der Waals surface area contributed by atoms with Crippen LogP contribution in [0, 0.1) is 5.92 Å². The molecule has 0 atom stereocenters. The number of carbonyl (C=O) groups is 1. The molecule has 3 rings (SSSR count). The van der Waals surface area contributed by atoms with Gasteiger partial charge >= 0.3 is 0 Å². The molecule has 0 saturated carbocycles. The van der Waals surface area contributed by atoms with Crippen LogP contribution in [0.1, 0.15) is 64.4 Å². The molecule has 0 unspecified atom stereocenters. The minimum atomic E-state index is 0.0897. The van der Waals surface area contributed by atoms with Gasteiger partial charge in [-0.3, -0.25) is 4.79 Å². The molecule has 0 aliphatic carbocycles. The van der Waals surface area contributed by atoms with Crippen LogP contribution in [-0.4, -0.2) is 42.0 Å². The Bertz CT molecular complexity index is 463. The minimum absolute atomic E-state index is 0.0897. The second-order valence-electron chi connectivity index (χ2n) is 5.56. The van der Waals surface area contributed by atoms with E-state index in [2.05, 4.69) is 16.8 Å². The predicted octanol–water partition coefficient (Wildman–Crippen LogP) is 4.22. The average Bonchev–Trinajstić information content (AvgIpc) is 3.12. The molecule has 1 amide bonds. The third kappa shape index (κ3) is 4.95. The highest BCUT2D eigenvalue weighted by Gasteiger charge is 2.27. The minimum Gasteiger partial charge on any atom is -0.356 e. The molecule has 1 aromatic heterocycles. The van der Waals surface area contributed by atoms with Gasteiger partial charge in [0.25, 0.3) is 5.91 Å². The number of anilines is 1. The van der Waals surface area contributed by atoms with Crippen molar-refractivity contribution < 1.29 is 4.79 Å². The lowest BCUT2D eigenvalue weighted by atomic mass is 9.97. The monoisotopic (exact) mass is 319 g/mol. The zero-order valence-corrected chi connectivity index (χ0v) is 15.5. The lowest BCUT2D eigenvalue weighted by Gasteiger charge is -2.39. The molecule has 0 spiro atoms. The van der Waals surface area contributed by atoms with E-state index in [0.29, 0.717) is 5.69 Å². The molecule has 0 bridgehead atoms. The van der Waals surface area contributed by atoms with Crippen molar-refractivity contribution in [1.29, 1.82) is 0 Å². The molecule has 3 heterocycles. The number of hydrogen-bond acceptors (Lipinski definition) is 3. The number of carbonyl (C=O) groups excluding carboxylic acids is 1. The fourth-order valence-electron chi connectivity index (χ4n) is 2.82. The van der Waals surface area contributed by atoms with E-state index < -0.39 is 0 Å². The molecule has 2 aliphatic heterocycles. The summed E-state index contributed by atoms with van der Waals surface area (Å²) in [4.78, 5) is 21.0. The molecule has 2 aliphatic rings. The first-order chi connectivity index (χ1) is 11.3. The first kappa shape index (κ1) is 19.5. The summed E-state index contributed by atoms with van der Waals surface area (Å²) < 4.78 is 0. The summed E-state index contributed by atoms with van der Waals surface area (Å²) in [5.74, 6) is 1.83. The van der Waals surface area contributed by atoms with E-state index in [9.17, 15) is 4.79 Å². The van der Waals surface area contributed by atoms with Crippen molar-refractivity contribution in [3.63, 3.8) is 0 Å². The highest BCUT2D eigenvalue weighted by atomic mass is 16.2. The van der Waals surface area contributed by atoms with Crippen LogP contribution in [0.3, 0.4) is 0 Å². The second-order valence-corrected chi connectivity index (χ2v) is 5.56. The van der Waals surface area contributed by atoms with Crippen LogP contribution in [0.15, 0.2) is 18.2 Å². The van der Waals surface area contributed by atoms with E-state index in [1.54, 1.807) is 0 Å². The molecule has 4 heteroatoms. The van der Waals surface area contributed by atoms with Crippen LogP contribution < -0.4 is 4.90 Å². The van der Waals surface area contributed by atoms with Crippen molar-refractivity contribution in [2.24, 2.45) is 5.92 Å². The van der Waals surface area contributed by atoms with Gasteiger partial charge in [-0.05, 0) is 37.3 Å². The molecule has 0 N–H and O–H groups in total. The van der Waals surface area contributed by atoms with Crippen LogP contribution in [0.25, 0.3) is 0 Å². The standard InChI is InChI=1S/C15H21N3O.2C2H6/c1-2-12-10-18(11-12)14-7-5-6-13(16-14)15(19)17-8-3-4-9-17;2*1-2/h5-7,12H,2-4,8-11H2,1H3;2*1-2H3. The number of likely N-dealkylation sites (tertiary alicyclic amines) is 1. The first-order valence-corrected chi connectivity index (χ1v) is 9.29. The number of aromatic nitrogens is 1. The van der Waals surface area contributed by atoms with Crippen LogP contribution in [0.5, 0.6) is 0 Å². The first-order valence-electron chi connectivity index (χ1n) is 9.29. The van der Waals surface area contributed by atoms with Crippen molar-refractivity contribution >= 4 is 11.7 Å². The number of pyridine rings is 1. The van der Waals surface area contributed by atoms with Crippen LogP contribution in [-0.2, 0) is 0 Å². The van der Waals surface area contributed by atoms with Gasteiger partial charge in [-0.2, -0.15) is 0 Å². The molecule has 23 heavy (non-hydrogen) atoms. The highest BCUT2D eigenvalue weighted by molar-refractivity contribution is 5.92. The number of nitrogens with zero attached hydrogens (tertiary/aromatic N) is 3. The van der Waals surface area contributed by atoms with Crippen molar-refractivity contribution in [3.8, 4) is 0 Å². The fraction of sp³-hybridized carbons (Fsp3) is 0.684. The molecule has 130 valence electrons. The Morgan fingerprint density at radius 3 is 2.30 bits per heavy atom. The fourth-order valence-corrected chi connectivity index (χ4v) is 2.82. The van der Waals surface area contributed by atoms with E-state index in [-0.39, 0.29) is 5.91 Å². The van der Waals surface area contributed by atoms with Gasteiger partial charge in [0.2, 0.25) is 0 Å². The topological polar surface area (TPSA) is 36.4 Å². The van der Waals surface area contributed by atoms with Gasteiger partial charge < -0.3 is 9.80 Å². The van der Waals surface area contributed by atoms with Gasteiger partial charge in [0.15, 0.2) is 0 Å². The zero-order chi connectivity index (χ0) is 17.2. The van der Waals surface area contributed by atoms with E-state index in [4.69, 9.17) is 0 Å². The van der Waals surface area contributed by atoms with Crippen molar-refractivity contribution in [2.75, 3.05) is 31.1 Å². The van der Waals surface area contributed by atoms with E-state index in [0.717, 1.165) is 50.8 Å². The van der Waals surface area contributed by atoms with Gasteiger partial charge in [0, 0.05) is 26.2 Å². The lowest BCUT2D eigenvalue weighted by molar-refractivity contribution is 0.0787. The smallest absolute Gasteiger partial charge is 0.272 e. The maximum Gasteiger partial charge on any atom is 0.272 e. The summed E-state index contributed by atoms with van der Waals surface area (Å²) in [6.07, 6.45) is 3.47. The summed E-state index contributed by atoms with van der Waals surface area (Å²) in [5, 5.41) is 0. The molecule has 2 saturated heterocycles. The third-order valence-corrected chi connectivity index (χ3v) is 4.21. The Hall–Kier alpha value is -1.58. The van der Waals surface area contributed by atoms with E-state index in [1.807, 2.05) is 50.8 Å². The summed E-state index contributed by atoms with van der Waals surface area (Å²) in [6, 6.07) is 5.79. The van der Waals surface area contributed by atoms with Gasteiger partial charge in [-0.25, -0.2) is 4.98 Å². The van der Waals surface area contributed by atoms with Crippen LogP contribution >= 0.6 is 0 Å². The molecule has 4 nitrogen and oxygen atoms in total. The number of amides is 1. The maximum absolute atomic E-state index is 12.3. The molecular formula is C19H33N3O. The second kappa shape index (κ2) is 10.2. The van der Waals surface area contributed by atoms with Crippen molar-refractivity contribution in [1.82, 2.24) is 9.88 Å². The quantitative estimate of drug-likeness (QED) is 0.837. The molecule has 2 fully saturated rings. The average molecular weight is 319 g/mol.